The van der Waals surface area contributed by atoms with Crippen molar-refractivity contribution in [3.05, 3.63) is 56.8 Å². The number of aryl methyl sites for hydroxylation is 1. The summed E-state index contributed by atoms with van der Waals surface area (Å²) in [5.74, 6) is -0.410. The number of anilines is 1. The highest BCUT2D eigenvalue weighted by molar-refractivity contribution is 9.10. The maximum Gasteiger partial charge on any atom is 0.294 e. The molecule has 34 heavy (non-hydrogen) atoms. The zero-order valence-electron chi connectivity index (χ0n) is 18.2. The molecule has 4 heterocycles. The molecule has 1 atom stereocenters. The van der Waals surface area contributed by atoms with Crippen molar-refractivity contribution >= 4 is 54.3 Å². The van der Waals surface area contributed by atoms with Gasteiger partial charge < -0.3 is 10.5 Å². The lowest BCUT2D eigenvalue weighted by molar-refractivity contribution is -0.0369. The summed E-state index contributed by atoms with van der Waals surface area (Å²) in [5.41, 5.74) is 9.19. The van der Waals surface area contributed by atoms with Crippen molar-refractivity contribution in [2.45, 2.75) is 32.4 Å². The van der Waals surface area contributed by atoms with Crippen LogP contribution >= 0.6 is 15.9 Å². The Balaban J connectivity index is 1.70. The first kappa shape index (κ1) is 21.2. The summed E-state index contributed by atoms with van der Waals surface area (Å²) in [7, 11) is 0. The van der Waals surface area contributed by atoms with Crippen molar-refractivity contribution in [1.82, 2.24) is 25.0 Å². The number of nitrogen functional groups attached to an aromatic ring is 1. The lowest BCUT2D eigenvalue weighted by atomic mass is 9.95. The number of nitrogens with two attached hydrogens (primary N) is 1. The van der Waals surface area contributed by atoms with Crippen LogP contribution in [0.1, 0.15) is 31.2 Å². The smallest absolute Gasteiger partial charge is 0.294 e. The summed E-state index contributed by atoms with van der Waals surface area (Å²) >= 11 is 3.60. The number of halogens is 2. The monoisotopic (exact) mass is 522 g/mol. The van der Waals surface area contributed by atoms with Crippen LogP contribution in [0.3, 0.4) is 0 Å². The molecule has 0 amide bonds. The van der Waals surface area contributed by atoms with Gasteiger partial charge in [-0.05, 0) is 65.9 Å². The number of H-pyrrole nitrogens is 1. The Hall–Kier alpha value is -3.37. The van der Waals surface area contributed by atoms with E-state index in [-0.39, 0.29) is 11.9 Å². The molecule has 1 fully saturated rings. The highest BCUT2D eigenvalue weighted by Crippen LogP contribution is 2.41. The van der Waals surface area contributed by atoms with Crippen LogP contribution in [0, 0.1) is 12.7 Å². The maximum atomic E-state index is 15.1. The summed E-state index contributed by atoms with van der Waals surface area (Å²) in [5, 5.41) is 13.7. The standard InChI is InChI=1S/C24H20BrFN6O2/c1-11-8-14-21-13(9-16(25)22(14)31-30-11)19(20(27)24(33)29-21)12-5-6-17(26)23-15(12)10-28-32(23)18-4-2-3-7-34-18/h5-6,8-10,18,31H,2-4,7,27H2,1H3. The molecule has 0 bridgehead atoms. The van der Waals surface area contributed by atoms with Crippen molar-refractivity contribution in [3.63, 3.8) is 0 Å². The second kappa shape index (κ2) is 7.85. The number of hydrogen-bond donors (Lipinski definition) is 2. The van der Waals surface area contributed by atoms with E-state index in [4.69, 9.17) is 10.5 Å². The topological polar surface area (TPSA) is 112 Å². The van der Waals surface area contributed by atoms with E-state index in [1.807, 2.05) is 19.1 Å². The molecule has 0 radical (unpaired) electrons. The SMILES string of the molecule is Cc1cc2c([nH]n1)c(Br)cc1c(-c3ccc(F)c4c3cnn4C3CCCCO3)c(N)c(=O)nc12. The summed E-state index contributed by atoms with van der Waals surface area (Å²) < 4.78 is 23.3. The van der Waals surface area contributed by atoms with Crippen molar-refractivity contribution in [3.8, 4) is 11.1 Å². The molecule has 0 aliphatic carbocycles. The molecule has 1 aliphatic heterocycles. The average molecular weight is 523 g/mol. The van der Waals surface area contributed by atoms with E-state index < -0.39 is 11.4 Å². The van der Waals surface area contributed by atoms with Crippen LogP contribution in [0.25, 0.3) is 43.8 Å². The number of nitrogens with zero attached hydrogens (tertiary/aromatic N) is 4. The third-order valence-corrected chi connectivity index (χ3v) is 7.00. The van der Waals surface area contributed by atoms with Gasteiger partial charge in [0.1, 0.15) is 17.0 Å². The molecule has 3 aromatic heterocycles. The fraction of sp³-hybridized carbons (Fsp3) is 0.250. The van der Waals surface area contributed by atoms with Crippen LogP contribution in [0.4, 0.5) is 10.1 Å². The van der Waals surface area contributed by atoms with Gasteiger partial charge in [-0.2, -0.15) is 10.2 Å². The minimum absolute atomic E-state index is 0.00285. The third kappa shape index (κ3) is 3.13. The Morgan fingerprint density at radius 2 is 2.09 bits per heavy atom. The second-order valence-corrected chi connectivity index (χ2v) is 9.38. The van der Waals surface area contributed by atoms with Crippen LogP contribution in [0.5, 0.6) is 0 Å². The molecule has 0 spiro atoms. The minimum Gasteiger partial charge on any atom is -0.394 e. The van der Waals surface area contributed by atoms with Gasteiger partial charge in [0.2, 0.25) is 0 Å². The van der Waals surface area contributed by atoms with Crippen LogP contribution in [0.15, 0.2) is 39.7 Å². The third-order valence-electron chi connectivity index (χ3n) is 6.38. The highest BCUT2D eigenvalue weighted by Gasteiger charge is 2.24. The number of aromatic amines is 1. The van der Waals surface area contributed by atoms with Crippen molar-refractivity contribution in [1.29, 1.82) is 0 Å². The molecule has 0 saturated carbocycles. The molecular formula is C24H20BrFN6O2. The van der Waals surface area contributed by atoms with Gasteiger partial charge in [0, 0.05) is 32.8 Å². The summed E-state index contributed by atoms with van der Waals surface area (Å²) in [6, 6.07) is 6.74. The molecule has 1 saturated heterocycles. The molecular weight excluding hydrogens is 503 g/mol. The first-order chi connectivity index (χ1) is 16.4. The second-order valence-electron chi connectivity index (χ2n) is 8.53. The first-order valence-corrected chi connectivity index (χ1v) is 11.8. The van der Waals surface area contributed by atoms with E-state index >= 15 is 4.39 Å². The summed E-state index contributed by atoms with van der Waals surface area (Å²) in [4.78, 5) is 17.2. The Morgan fingerprint density at radius 3 is 2.88 bits per heavy atom. The van der Waals surface area contributed by atoms with E-state index in [2.05, 4.69) is 36.2 Å². The van der Waals surface area contributed by atoms with Gasteiger partial charge in [-0.25, -0.2) is 14.1 Å². The molecule has 172 valence electrons. The highest BCUT2D eigenvalue weighted by atomic mass is 79.9. The molecule has 5 aromatic rings. The number of nitrogens with one attached hydrogen (secondary N) is 1. The van der Waals surface area contributed by atoms with Crippen LogP contribution in [0.2, 0.25) is 0 Å². The van der Waals surface area contributed by atoms with Crippen LogP contribution < -0.4 is 11.3 Å². The van der Waals surface area contributed by atoms with Gasteiger partial charge in [0.05, 0.1) is 22.9 Å². The molecule has 3 N–H and O–H groups in total. The van der Waals surface area contributed by atoms with Crippen LogP contribution in [-0.4, -0.2) is 31.6 Å². The van der Waals surface area contributed by atoms with Gasteiger partial charge in [-0.3, -0.25) is 9.89 Å². The van der Waals surface area contributed by atoms with Gasteiger partial charge in [-0.1, -0.05) is 6.07 Å². The Morgan fingerprint density at radius 1 is 1.24 bits per heavy atom. The van der Waals surface area contributed by atoms with E-state index in [0.717, 1.165) is 34.8 Å². The Bertz CT molecular complexity index is 1670. The quantitative estimate of drug-likeness (QED) is 0.316. The fourth-order valence-electron chi connectivity index (χ4n) is 4.79. The van der Waals surface area contributed by atoms with Crippen molar-refractivity contribution in [2.24, 2.45) is 0 Å². The lowest BCUT2D eigenvalue weighted by Gasteiger charge is -2.23. The number of fused-ring (bicyclic) bond motifs is 4. The van der Waals surface area contributed by atoms with Gasteiger partial charge >= 0.3 is 0 Å². The summed E-state index contributed by atoms with van der Waals surface area (Å²) in [6.07, 6.45) is 4.00. The van der Waals surface area contributed by atoms with E-state index in [9.17, 15) is 4.79 Å². The predicted molar refractivity (Wildman–Crippen MR) is 132 cm³/mol. The van der Waals surface area contributed by atoms with Crippen molar-refractivity contribution < 1.29 is 9.13 Å². The molecule has 1 unspecified atom stereocenters. The van der Waals surface area contributed by atoms with Gasteiger partial charge in [0.15, 0.2) is 6.23 Å². The number of benzene rings is 2. The predicted octanol–water partition coefficient (Wildman–Crippen LogP) is 4.98. The lowest BCUT2D eigenvalue weighted by Crippen LogP contribution is -2.19. The number of aromatic nitrogens is 5. The molecule has 8 nitrogen and oxygen atoms in total. The zero-order chi connectivity index (χ0) is 23.6. The van der Waals surface area contributed by atoms with Gasteiger partial charge in [0.25, 0.3) is 5.56 Å². The minimum atomic E-state index is -0.541. The van der Waals surface area contributed by atoms with Gasteiger partial charge in [-0.15, -0.1) is 0 Å². The fourth-order valence-corrected chi connectivity index (χ4v) is 5.32. The average Bonchev–Trinajstić information content (AvgIpc) is 3.29. The van der Waals surface area contributed by atoms with E-state index in [0.29, 0.717) is 45.1 Å². The molecule has 1 aliphatic rings. The largest absolute Gasteiger partial charge is 0.394 e. The Labute approximate surface area is 201 Å². The number of pyridine rings is 1. The molecule has 2 aromatic carbocycles. The maximum absolute atomic E-state index is 15.1. The van der Waals surface area contributed by atoms with Crippen molar-refractivity contribution in [2.75, 3.05) is 12.3 Å². The molecule has 10 heteroatoms. The number of hydrogen-bond acceptors (Lipinski definition) is 6. The number of ether oxygens (including phenoxy) is 1. The zero-order valence-corrected chi connectivity index (χ0v) is 19.8. The number of rotatable bonds is 2. The molecule has 6 rings (SSSR count). The normalized spacial score (nSPS) is 16.6. The van der Waals surface area contributed by atoms with Crippen LogP contribution in [-0.2, 0) is 4.74 Å². The van der Waals surface area contributed by atoms with E-state index in [1.165, 1.54) is 6.07 Å². The summed E-state index contributed by atoms with van der Waals surface area (Å²) in [6.45, 7) is 2.46. The van der Waals surface area contributed by atoms with E-state index in [1.54, 1.807) is 16.9 Å². The Kier molecular flexibility index (Phi) is 4.89. The first-order valence-electron chi connectivity index (χ1n) is 11.0.